The molecule has 1 spiro atoms. The first-order valence-corrected chi connectivity index (χ1v) is 11.8. The summed E-state index contributed by atoms with van der Waals surface area (Å²) >= 11 is 0. The molecule has 1 saturated carbocycles. The standard InChI is InChI=1S/C22H36N4O3/c27-20(24-8-1-2-9-24)26-10-3-4-19(26)17-5-11-23(12-6-17)18-14-22(15-18)7-13-25(16-22)21(28)29/h17-19H,1-16H2,(H,28,29)/t18?,19-,22?/m0/s1. The van der Waals surface area contributed by atoms with E-state index in [1.54, 1.807) is 4.90 Å². The number of urea groups is 1. The van der Waals surface area contributed by atoms with E-state index in [1.165, 1.54) is 32.1 Å². The van der Waals surface area contributed by atoms with E-state index in [0.29, 0.717) is 30.6 Å². The predicted octanol–water partition coefficient (Wildman–Crippen LogP) is 2.91. The van der Waals surface area contributed by atoms with Crippen molar-refractivity contribution in [3.63, 3.8) is 0 Å². The van der Waals surface area contributed by atoms with Crippen LogP contribution in [0.5, 0.6) is 0 Å². The SMILES string of the molecule is O=C(O)N1CCC2(CC(N3CCC([C@@H]4CCCN4C(=O)N4CCCC4)CC3)C2)C1. The molecule has 3 amide bonds. The zero-order chi connectivity index (χ0) is 20.0. The zero-order valence-corrected chi connectivity index (χ0v) is 17.6. The first kappa shape index (κ1) is 19.5. The number of likely N-dealkylation sites (tertiary alicyclic amines) is 4. The number of carbonyl (C=O) groups excluding carboxylic acids is 1. The van der Waals surface area contributed by atoms with E-state index < -0.39 is 6.09 Å². The van der Waals surface area contributed by atoms with Gasteiger partial charge in [0.05, 0.1) is 0 Å². The minimum Gasteiger partial charge on any atom is -0.465 e. The van der Waals surface area contributed by atoms with Gasteiger partial charge in [-0.15, -0.1) is 0 Å². The highest BCUT2D eigenvalue weighted by molar-refractivity contribution is 5.75. The van der Waals surface area contributed by atoms with Crippen LogP contribution in [-0.2, 0) is 0 Å². The summed E-state index contributed by atoms with van der Waals surface area (Å²) in [6.45, 7) is 6.60. The molecule has 5 aliphatic rings. The third kappa shape index (κ3) is 3.60. The molecule has 29 heavy (non-hydrogen) atoms. The molecule has 0 aromatic carbocycles. The van der Waals surface area contributed by atoms with Crippen LogP contribution in [0.2, 0.25) is 0 Å². The molecule has 0 aromatic heterocycles. The van der Waals surface area contributed by atoms with Gasteiger partial charge in [-0.05, 0) is 82.2 Å². The number of rotatable bonds is 2. The molecule has 4 heterocycles. The van der Waals surface area contributed by atoms with Gasteiger partial charge in [0.25, 0.3) is 0 Å². The van der Waals surface area contributed by atoms with Crippen molar-refractivity contribution >= 4 is 12.1 Å². The monoisotopic (exact) mass is 404 g/mol. The van der Waals surface area contributed by atoms with Crippen LogP contribution < -0.4 is 0 Å². The Bertz CT molecular complexity index is 636. The second-order valence-corrected chi connectivity index (χ2v) is 10.3. The van der Waals surface area contributed by atoms with E-state index in [4.69, 9.17) is 0 Å². The average Bonchev–Trinajstić information content (AvgIpc) is 3.46. The quantitative estimate of drug-likeness (QED) is 0.768. The molecule has 1 N–H and O–H groups in total. The topological polar surface area (TPSA) is 67.3 Å². The molecule has 1 atom stereocenters. The van der Waals surface area contributed by atoms with Gasteiger partial charge in [0.1, 0.15) is 0 Å². The minimum atomic E-state index is -0.754. The second kappa shape index (κ2) is 7.64. The fraction of sp³-hybridized carbons (Fsp3) is 0.909. The van der Waals surface area contributed by atoms with Gasteiger partial charge in [0.15, 0.2) is 0 Å². The Labute approximate surface area is 174 Å². The van der Waals surface area contributed by atoms with Gasteiger partial charge in [0, 0.05) is 44.8 Å². The van der Waals surface area contributed by atoms with Crippen LogP contribution in [-0.4, -0.2) is 94.7 Å². The van der Waals surface area contributed by atoms with Gasteiger partial charge in [-0.3, -0.25) is 0 Å². The molecule has 7 heteroatoms. The van der Waals surface area contributed by atoms with Crippen molar-refractivity contribution in [1.29, 1.82) is 0 Å². The van der Waals surface area contributed by atoms with Gasteiger partial charge in [0.2, 0.25) is 0 Å². The van der Waals surface area contributed by atoms with E-state index in [9.17, 15) is 14.7 Å². The van der Waals surface area contributed by atoms with Gasteiger partial charge in [-0.2, -0.15) is 0 Å². The normalized spacial score (nSPS) is 36.2. The van der Waals surface area contributed by atoms with Gasteiger partial charge < -0.3 is 24.7 Å². The number of nitrogens with zero attached hydrogens (tertiary/aromatic N) is 4. The van der Waals surface area contributed by atoms with E-state index >= 15 is 0 Å². The van der Waals surface area contributed by atoms with E-state index in [-0.39, 0.29) is 5.41 Å². The number of hydrogen-bond acceptors (Lipinski definition) is 3. The van der Waals surface area contributed by atoms with Crippen LogP contribution in [0.15, 0.2) is 0 Å². The highest BCUT2D eigenvalue weighted by atomic mass is 16.4. The molecule has 0 radical (unpaired) electrons. The smallest absolute Gasteiger partial charge is 0.407 e. The summed E-state index contributed by atoms with van der Waals surface area (Å²) in [5, 5.41) is 9.23. The Morgan fingerprint density at radius 3 is 2.21 bits per heavy atom. The van der Waals surface area contributed by atoms with Crippen molar-refractivity contribution < 1.29 is 14.7 Å². The van der Waals surface area contributed by atoms with Crippen molar-refractivity contribution in [3.05, 3.63) is 0 Å². The van der Waals surface area contributed by atoms with Crippen molar-refractivity contribution in [3.8, 4) is 0 Å². The van der Waals surface area contributed by atoms with Crippen LogP contribution in [0.4, 0.5) is 9.59 Å². The van der Waals surface area contributed by atoms with Crippen molar-refractivity contribution in [2.45, 2.75) is 69.9 Å². The van der Waals surface area contributed by atoms with E-state index in [2.05, 4.69) is 14.7 Å². The summed E-state index contributed by atoms with van der Waals surface area (Å²) in [5.41, 5.74) is 0.268. The molecule has 1 aliphatic carbocycles. The summed E-state index contributed by atoms with van der Waals surface area (Å²) in [7, 11) is 0. The largest absolute Gasteiger partial charge is 0.465 e. The molecular weight excluding hydrogens is 368 g/mol. The Morgan fingerprint density at radius 2 is 1.55 bits per heavy atom. The fourth-order valence-electron chi connectivity index (χ4n) is 6.91. The van der Waals surface area contributed by atoms with E-state index in [0.717, 1.165) is 65.0 Å². The third-order valence-electron chi connectivity index (χ3n) is 8.60. The number of hydrogen-bond donors (Lipinski definition) is 1. The maximum absolute atomic E-state index is 12.9. The lowest BCUT2D eigenvalue weighted by molar-refractivity contribution is -0.0142. The van der Waals surface area contributed by atoms with Crippen LogP contribution in [0.1, 0.15) is 57.8 Å². The third-order valence-corrected chi connectivity index (χ3v) is 8.60. The number of amides is 3. The first-order valence-electron chi connectivity index (χ1n) is 11.8. The van der Waals surface area contributed by atoms with Crippen LogP contribution in [0.25, 0.3) is 0 Å². The predicted molar refractivity (Wildman–Crippen MR) is 110 cm³/mol. The lowest BCUT2D eigenvalue weighted by Crippen LogP contribution is -2.55. The summed E-state index contributed by atoms with van der Waals surface area (Å²) in [4.78, 5) is 32.7. The van der Waals surface area contributed by atoms with Crippen molar-refractivity contribution in [2.75, 3.05) is 45.8 Å². The van der Waals surface area contributed by atoms with Crippen LogP contribution in [0, 0.1) is 11.3 Å². The van der Waals surface area contributed by atoms with Crippen molar-refractivity contribution in [1.82, 2.24) is 19.6 Å². The number of carbonyl (C=O) groups is 2. The van der Waals surface area contributed by atoms with Gasteiger partial charge in [-0.1, -0.05) is 0 Å². The maximum atomic E-state index is 12.9. The average molecular weight is 405 g/mol. The zero-order valence-electron chi connectivity index (χ0n) is 17.6. The molecule has 0 bridgehead atoms. The number of carboxylic acid groups (broad SMARTS) is 1. The molecule has 5 fully saturated rings. The van der Waals surface area contributed by atoms with Crippen molar-refractivity contribution in [2.24, 2.45) is 11.3 Å². The summed E-state index contributed by atoms with van der Waals surface area (Å²) in [5.74, 6) is 0.656. The first-order chi connectivity index (χ1) is 14.0. The Balaban J connectivity index is 1.11. The Hall–Kier alpha value is -1.50. The highest BCUT2D eigenvalue weighted by Crippen LogP contribution is 2.50. The molecule has 0 aromatic rings. The fourth-order valence-corrected chi connectivity index (χ4v) is 6.91. The van der Waals surface area contributed by atoms with Gasteiger partial charge >= 0.3 is 12.1 Å². The van der Waals surface area contributed by atoms with Crippen LogP contribution >= 0.6 is 0 Å². The lowest BCUT2D eigenvalue weighted by Gasteiger charge is -2.52. The molecule has 5 rings (SSSR count). The summed E-state index contributed by atoms with van der Waals surface area (Å²) < 4.78 is 0. The molecular formula is C22H36N4O3. The minimum absolute atomic E-state index is 0.268. The van der Waals surface area contributed by atoms with Crippen LogP contribution in [0.3, 0.4) is 0 Å². The molecule has 4 saturated heterocycles. The molecule has 0 unspecified atom stereocenters. The summed E-state index contributed by atoms with van der Waals surface area (Å²) in [6.07, 6.45) is 9.72. The number of piperidine rings is 1. The second-order valence-electron chi connectivity index (χ2n) is 10.3. The molecule has 7 nitrogen and oxygen atoms in total. The summed E-state index contributed by atoms with van der Waals surface area (Å²) in [6, 6.07) is 1.41. The van der Waals surface area contributed by atoms with Gasteiger partial charge in [-0.25, -0.2) is 9.59 Å². The Morgan fingerprint density at radius 1 is 0.828 bits per heavy atom. The highest BCUT2D eigenvalue weighted by Gasteiger charge is 2.51. The lowest BCUT2D eigenvalue weighted by atomic mass is 9.64. The molecule has 162 valence electrons. The van der Waals surface area contributed by atoms with E-state index in [1.807, 2.05) is 0 Å². The Kier molecular flexibility index (Phi) is 5.13. The molecule has 4 aliphatic heterocycles. The maximum Gasteiger partial charge on any atom is 0.407 e.